The summed E-state index contributed by atoms with van der Waals surface area (Å²) >= 11 is 8.54. The van der Waals surface area contributed by atoms with Gasteiger partial charge in [-0.1, -0.05) is 35.5 Å². The second-order valence-electron chi connectivity index (χ2n) is 6.44. The molecule has 0 atom stereocenters. The summed E-state index contributed by atoms with van der Waals surface area (Å²) in [7, 11) is 0. The van der Waals surface area contributed by atoms with E-state index in [2.05, 4.69) is 15.6 Å². The number of fused-ring (bicyclic) bond motifs is 1. The monoisotopic (exact) mass is 471 g/mol. The van der Waals surface area contributed by atoms with Gasteiger partial charge >= 0.3 is 0 Å². The van der Waals surface area contributed by atoms with E-state index < -0.39 is 5.82 Å². The Morgan fingerprint density at radius 2 is 1.81 bits per heavy atom. The molecule has 0 saturated heterocycles. The molecule has 4 rings (SSSR count). The minimum absolute atomic E-state index is 0.105. The lowest BCUT2D eigenvalue weighted by molar-refractivity contribution is -0.113. The lowest BCUT2D eigenvalue weighted by atomic mass is 10.2. The number of anilines is 2. The topological polar surface area (TPSA) is 71.1 Å². The minimum Gasteiger partial charge on any atom is -0.323 e. The van der Waals surface area contributed by atoms with E-state index in [-0.39, 0.29) is 23.3 Å². The third-order valence-corrected chi connectivity index (χ3v) is 6.62. The average molecular weight is 472 g/mol. The Balaban J connectivity index is 1.39. The fourth-order valence-electron chi connectivity index (χ4n) is 2.72. The van der Waals surface area contributed by atoms with Crippen LogP contribution in [0.2, 0.25) is 5.02 Å². The van der Waals surface area contributed by atoms with Gasteiger partial charge in [-0.25, -0.2) is 9.37 Å². The molecular weight excluding hydrogens is 457 g/mol. The number of rotatable bonds is 6. The minimum atomic E-state index is -0.478. The van der Waals surface area contributed by atoms with Gasteiger partial charge in [0.15, 0.2) is 4.34 Å². The van der Waals surface area contributed by atoms with Gasteiger partial charge in [-0.2, -0.15) is 0 Å². The second-order valence-corrected chi connectivity index (χ2v) is 9.13. The zero-order valence-corrected chi connectivity index (χ0v) is 18.3. The first-order valence-electron chi connectivity index (χ1n) is 9.12. The molecule has 1 heterocycles. The number of halogens is 2. The molecule has 4 aromatic rings. The number of carbonyl (C=O) groups is 2. The molecule has 2 N–H and O–H groups in total. The number of carbonyl (C=O) groups excluding carboxylic acids is 2. The smallest absolute Gasteiger partial charge is 0.255 e. The second kappa shape index (κ2) is 9.47. The molecule has 0 bridgehead atoms. The highest BCUT2D eigenvalue weighted by molar-refractivity contribution is 8.01. The number of amides is 2. The molecule has 0 unspecified atom stereocenters. The van der Waals surface area contributed by atoms with Gasteiger partial charge in [-0.3, -0.25) is 9.59 Å². The summed E-state index contributed by atoms with van der Waals surface area (Å²) in [6, 6.07) is 18.1. The molecule has 0 spiro atoms. The zero-order chi connectivity index (χ0) is 21.8. The first-order chi connectivity index (χ1) is 15.0. The average Bonchev–Trinajstić information content (AvgIpc) is 3.16. The van der Waals surface area contributed by atoms with E-state index >= 15 is 0 Å². The Morgan fingerprint density at radius 1 is 1.03 bits per heavy atom. The van der Waals surface area contributed by atoms with Gasteiger partial charge < -0.3 is 10.6 Å². The van der Waals surface area contributed by atoms with Crippen LogP contribution in [-0.2, 0) is 4.79 Å². The van der Waals surface area contributed by atoms with Crippen molar-refractivity contribution in [3.05, 3.63) is 83.1 Å². The SMILES string of the molecule is O=C(CSc1nc2ccc(NC(=O)c3ccc(Cl)cc3)cc2s1)Nc1ccccc1F. The molecule has 0 aliphatic rings. The molecular formula is C22H15ClFN3O2S2. The van der Waals surface area contributed by atoms with Crippen LogP contribution in [-0.4, -0.2) is 22.6 Å². The van der Waals surface area contributed by atoms with Gasteiger partial charge in [-0.05, 0) is 54.6 Å². The first kappa shape index (κ1) is 21.3. The molecule has 0 radical (unpaired) electrons. The zero-order valence-electron chi connectivity index (χ0n) is 15.9. The van der Waals surface area contributed by atoms with Crippen molar-refractivity contribution in [2.75, 3.05) is 16.4 Å². The first-order valence-corrected chi connectivity index (χ1v) is 11.3. The van der Waals surface area contributed by atoms with Crippen molar-refractivity contribution in [3.8, 4) is 0 Å². The maximum absolute atomic E-state index is 13.6. The largest absolute Gasteiger partial charge is 0.323 e. The van der Waals surface area contributed by atoms with Crippen molar-refractivity contribution in [1.29, 1.82) is 0 Å². The number of hydrogen-bond donors (Lipinski definition) is 2. The lowest BCUT2D eigenvalue weighted by Gasteiger charge is -2.05. The predicted octanol–water partition coefficient (Wildman–Crippen LogP) is 6.07. The number of hydrogen-bond acceptors (Lipinski definition) is 5. The standard InChI is InChI=1S/C22H15ClFN3O2S2/c23-14-7-5-13(6-8-14)21(29)25-15-9-10-18-19(11-15)31-22(27-18)30-12-20(28)26-17-4-2-1-3-16(17)24/h1-11H,12H2,(H,25,29)(H,26,28). The van der Waals surface area contributed by atoms with Gasteiger partial charge in [0.2, 0.25) is 5.91 Å². The molecule has 31 heavy (non-hydrogen) atoms. The maximum Gasteiger partial charge on any atom is 0.255 e. The van der Waals surface area contributed by atoms with Gasteiger partial charge in [0, 0.05) is 16.3 Å². The highest BCUT2D eigenvalue weighted by Crippen LogP contribution is 2.31. The van der Waals surface area contributed by atoms with E-state index in [1.807, 2.05) is 12.1 Å². The van der Waals surface area contributed by atoms with Crippen LogP contribution in [0, 0.1) is 5.82 Å². The van der Waals surface area contributed by atoms with Crippen LogP contribution in [0.4, 0.5) is 15.8 Å². The Kier molecular flexibility index (Phi) is 6.50. The normalized spacial score (nSPS) is 10.8. The Labute approximate surface area is 190 Å². The summed E-state index contributed by atoms with van der Waals surface area (Å²) in [6.45, 7) is 0. The van der Waals surface area contributed by atoms with Crippen molar-refractivity contribution >= 4 is 68.1 Å². The van der Waals surface area contributed by atoms with E-state index in [0.717, 1.165) is 10.2 Å². The number of nitrogens with zero attached hydrogens (tertiary/aromatic N) is 1. The highest BCUT2D eigenvalue weighted by Gasteiger charge is 2.11. The highest BCUT2D eigenvalue weighted by atomic mass is 35.5. The predicted molar refractivity (Wildman–Crippen MR) is 125 cm³/mol. The summed E-state index contributed by atoms with van der Waals surface area (Å²) < 4.78 is 15.2. The van der Waals surface area contributed by atoms with Crippen LogP contribution < -0.4 is 10.6 Å². The van der Waals surface area contributed by atoms with E-state index in [1.165, 1.54) is 35.2 Å². The Morgan fingerprint density at radius 3 is 2.58 bits per heavy atom. The summed E-state index contributed by atoms with van der Waals surface area (Å²) in [5.41, 5.74) is 2.07. The molecule has 0 fully saturated rings. The molecule has 9 heteroatoms. The van der Waals surface area contributed by atoms with Crippen LogP contribution in [0.25, 0.3) is 10.2 Å². The number of aromatic nitrogens is 1. The number of benzene rings is 3. The fourth-order valence-corrected chi connectivity index (χ4v) is 4.76. The molecule has 3 aromatic carbocycles. The number of thioether (sulfide) groups is 1. The van der Waals surface area contributed by atoms with Crippen LogP contribution in [0.5, 0.6) is 0 Å². The van der Waals surface area contributed by atoms with Crippen LogP contribution in [0.3, 0.4) is 0 Å². The number of nitrogens with one attached hydrogen (secondary N) is 2. The molecule has 156 valence electrons. The van der Waals surface area contributed by atoms with Crippen LogP contribution in [0.1, 0.15) is 10.4 Å². The van der Waals surface area contributed by atoms with Crippen molar-refractivity contribution in [2.24, 2.45) is 0 Å². The summed E-state index contributed by atoms with van der Waals surface area (Å²) in [4.78, 5) is 29.0. The third-order valence-electron chi connectivity index (χ3n) is 4.21. The molecule has 5 nitrogen and oxygen atoms in total. The van der Waals surface area contributed by atoms with Crippen LogP contribution in [0.15, 0.2) is 71.1 Å². The van der Waals surface area contributed by atoms with Crippen LogP contribution >= 0.6 is 34.7 Å². The Hall–Kier alpha value is -2.94. The van der Waals surface area contributed by atoms with E-state index in [1.54, 1.807) is 42.5 Å². The molecule has 1 aromatic heterocycles. The summed E-state index contributed by atoms with van der Waals surface area (Å²) in [6.07, 6.45) is 0. The van der Waals surface area contributed by atoms with Gasteiger partial charge in [0.1, 0.15) is 5.82 Å². The van der Waals surface area contributed by atoms with Crippen molar-refractivity contribution in [1.82, 2.24) is 4.98 Å². The van der Waals surface area contributed by atoms with E-state index in [4.69, 9.17) is 11.6 Å². The fraction of sp³-hybridized carbons (Fsp3) is 0.0455. The molecule has 0 aliphatic heterocycles. The molecule has 0 aliphatic carbocycles. The van der Waals surface area contributed by atoms with Crippen molar-refractivity contribution < 1.29 is 14.0 Å². The van der Waals surface area contributed by atoms with Gasteiger partial charge in [0.25, 0.3) is 5.91 Å². The summed E-state index contributed by atoms with van der Waals surface area (Å²) in [5, 5.41) is 5.97. The Bertz CT molecular complexity index is 1260. The third kappa shape index (κ3) is 5.41. The van der Waals surface area contributed by atoms with Gasteiger partial charge in [0.05, 0.1) is 21.7 Å². The number of thiazole rings is 1. The summed E-state index contributed by atoms with van der Waals surface area (Å²) in [5.74, 6) is -0.923. The van der Waals surface area contributed by atoms with Crippen molar-refractivity contribution in [2.45, 2.75) is 4.34 Å². The quantitative estimate of drug-likeness (QED) is 0.335. The maximum atomic E-state index is 13.6. The van der Waals surface area contributed by atoms with Gasteiger partial charge in [-0.15, -0.1) is 11.3 Å². The molecule has 0 saturated carbocycles. The lowest BCUT2D eigenvalue weighted by Crippen LogP contribution is -2.14. The van der Waals surface area contributed by atoms with E-state index in [9.17, 15) is 14.0 Å². The van der Waals surface area contributed by atoms with E-state index in [0.29, 0.717) is 20.6 Å². The van der Waals surface area contributed by atoms with Crippen molar-refractivity contribution in [3.63, 3.8) is 0 Å². The number of para-hydroxylation sites is 1. The molecule has 2 amide bonds.